The Morgan fingerprint density at radius 1 is 1.00 bits per heavy atom. The SMILES string of the molecule is O=C(CN1C(=O)COc2ccc(-c3csc(Cc4ccccc4)n3)cc21)OCc1ccccc1. The van der Waals surface area contributed by atoms with E-state index in [1.807, 2.05) is 72.1 Å². The van der Waals surface area contributed by atoms with Crippen LogP contribution in [-0.2, 0) is 27.4 Å². The van der Waals surface area contributed by atoms with Crippen LogP contribution < -0.4 is 9.64 Å². The predicted molar refractivity (Wildman–Crippen MR) is 131 cm³/mol. The van der Waals surface area contributed by atoms with E-state index >= 15 is 0 Å². The average Bonchev–Trinajstić information content (AvgIpc) is 3.34. The van der Waals surface area contributed by atoms with Crippen LogP contribution in [0.5, 0.6) is 5.75 Å². The molecule has 1 amide bonds. The molecule has 0 bridgehead atoms. The molecule has 170 valence electrons. The molecular weight excluding hydrogens is 448 g/mol. The maximum Gasteiger partial charge on any atom is 0.326 e. The van der Waals surface area contributed by atoms with Crippen molar-refractivity contribution in [3.63, 3.8) is 0 Å². The Bertz CT molecular complexity index is 1300. The highest BCUT2D eigenvalue weighted by Crippen LogP contribution is 2.36. The van der Waals surface area contributed by atoms with Gasteiger partial charge in [0, 0.05) is 17.4 Å². The van der Waals surface area contributed by atoms with E-state index in [0.29, 0.717) is 11.4 Å². The molecule has 0 radical (unpaired) electrons. The number of hydrogen-bond donors (Lipinski definition) is 0. The number of carbonyl (C=O) groups is 2. The second kappa shape index (κ2) is 9.89. The lowest BCUT2D eigenvalue weighted by Crippen LogP contribution is -2.42. The second-order valence-electron chi connectivity index (χ2n) is 7.89. The van der Waals surface area contributed by atoms with E-state index in [0.717, 1.165) is 28.2 Å². The Morgan fingerprint density at radius 2 is 1.74 bits per heavy atom. The van der Waals surface area contributed by atoms with E-state index in [4.69, 9.17) is 14.5 Å². The smallest absolute Gasteiger partial charge is 0.326 e. The summed E-state index contributed by atoms with van der Waals surface area (Å²) in [6.07, 6.45) is 0.761. The quantitative estimate of drug-likeness (QED) is 0.361. The molecule has 7 heteroatoms. The number of carbonyl (C=O) groups excluding carboxylic acids is 2. The molecule has 1 aromatic heterocycles. The fourth-order valence-electron chi connectivity index (χ4n) is 3.74. The van der Waals surface area contributed by atoms with Crippen LogP contribution in [0.2, 0.25) is 0 Å². The van der Waals surface area contributed by atoms with Crippen LogP contribution in [0, 0.1) is 0 Å². The molecule has 0 fully saturated rings. The van der Waals surface area contributed by atoms with Gasteiger partial charge < -0.3 is 9.47 Å². The Kier molecular flexibility index (Phi) is 6.35. The van der Waals surface area contributed by atoms with E-state index in [2.05, 4.69) is 12.1 Å². The van der Waals surface area contributed by atoms with E-state index in [-0.39, 0.29) is 25.7 Å². The summed E-state index contributed by atoms with van der Waals surface area (Å²) in [5.74, 6) is -0.211. The summed E-state index contributed by atoms with van der Waals surface area (Å²) in [6.45, 7) is -0.133. The minimum Gasteiger partial charge on any atom is -0.482 e. The molecule has 4 aromatic rings. The molecule has 0 spiro atoms. The lowest BCUT2D eigenvalue weighted by Gasteiger charge is -2.29. The van der Waals surface area contributed by atoms with Crippen LogP contribution in [0.4, 0.5) is 5.69 Å². The van der Waals surface area contributed by atoms with Crippen molar-refractivity contribution in [1.29, 1.82) is 0 Å². The van der Waals surface area contributed by atoms with Crippen LogP contribution in [0.3, 0.4) is 0 Å². The molecule has 1 aliphatic rings. The minimum absolute atomic E-state index is 0.115. The highest BCUT2D eigenvalue weighted by Gasteiger charge is 2.28. The number of anilines is 1. The topological polar surface area (TPSA) is 68.7 Å². The van der Waals surface area contributed by atoms with Crippen LogP contribution in [-0.4, -0.2) is 30.0 Å². The van der Waals surface area contributed by atoms with Gasteiger partial charge in [-0.15, -0.1) is 11.3 Å². The first-order valence-corrected chi connectivity index (χ1v) is 11.8. The van der Waals surface area contributed by atoms with Crippen molar-refractivity contribution < 1.29 is 19.1 Å². The van der Waals surface area contributed by atoms with E-state index in [9.17, 15) is 9.59 Å². The average molecular weight is 471 g/mol. The third-order valence-electron chi connectivity index (χ3n) is 5.48. The van der Waals surface area contributed by atoms with Crippen LogP contribution in [0.25, 0.3) is 11.3 Å². The molecular formula is C27H22N2O4S. The summed E-state index contributed by atoms with van der Waals surface area (Å²) >= 11 is 1.60. The highest BCUT2D eigenvalue weighted by atomic mass is 32.1. The molecule has 0 atom stereocenters. The van der Waals surface area contributed by atoms with Crippen molar-refractivity contribution in [2.45, 2.75) is 13.0 Å². The van der Waals surface area contributed by atoms with Crippen LogP contribution in [0.15, 0.2) is 84.2 Å². The molecule has 34 heavy (non-hydrogen) atoms. The highest BCUT2D eigenvalue weighted by molar-refractivity contribution is 7.10. The predicted octanol–water partition coefficient (Wildman–Crippen LogP) is 4.87. The van der Waals surface area contributed by atoms with Gasteiger partial charge in [0.1, 0.15) is 18.9 Å². The van der Waals surface area contributed by atoms with Gasteiger partial charge in [-0.05, 0) is 29.3 Å². The summed E-state index contributed by atoms with van der Waals surface area (Å²) in [6, 6.07) is 25.2. The normalized spacial score (nSPS) is 12.7. The summed E-state index contributed by atoms with van der Waals surface area (Å²) in [4.78, 5) is 31.3. The van der Waals surface area contributed by atoms with E-state index < -0.39 is 5.97 Å². The Hall–Kier alpha value is -3.97. The lowest BCUT2D eigenvalue weighted by atomic mass is 10.1. The molecule has 0 saturated carbocycles. The van der Waals surface area contributed by atoms with Crippen molar-refractivity contribution in [1.82, 2.24) is 4.98 Å². The number of benzene rings is 3. The number of hydrogen-bond acceptors (Lipinski definition) is 6. The Morgan fingerprint density at radius 3 is 2.50 bits per heavy atom. The zero-order valence-corrected chi connectivity index (χ0v) is 19.2. The summed E-state index contributed by atoms with van der Waals surface area (Å²) in [7, 11) is 0. The first-order valence-electron chi connectivity index (χ1n) is 10.9. The van der Waals surface area contributed by atoms with E-state index in [1.54, 1.807) is 11.3 Å². The second-order valence-corrected chi connectivity index (χ2v) is 8.83. The Labute approximate surface area is 201 Å². The maximum atomic E-state index is 12.6. The zero-order valence-electron chi connectivity index (χ0n) is 18.3. The standard InChI is InChI=1S/C27H22N2O4S/c30-26-17-32-24-12-11-21(22-18-34-25(28-22)13-19-7-3-1-4-8-19)14-23(24)29(26)15-27(31)33-16-20-9-5-2-6-10-20/h1-12,14,18H,13,15-17H2. The maximum absolute atomic E-state index is 12.6. The van der Waals surface area contributed by atoms with Gasteiger partial charge in [-0.25, -0.2) is 4.98 Å². The molecule has 1 aliphatic heterocycles. The van der Waals surface area contributed by atoms with Gasteiger partial charge in [-0.3, -0.25) is 14.5 Å². The van der Waals surface area contributed by atoms with Gasteiger partial charge in [0.2, 0.25) is 0 Å². The molecule has 0 N–H and O–H groups in total. The van der Waals surface area contributed by atoms with Gasteiger partial charge in [-0.1, -0.05) is 60.7 Å². The lowest BCUT2D eigenvalue weighted by molar-refractivity contribution is -0.144. The van der Waals surface area contributed by atoms with Crippen LogP contribution in [0.1, 0.15) is 16.1 Å². The number of ether oxygens (including phenoxy) is 2. The van der Waals surface area contributed by atoms with Gasteiger partial charge in [0.25, 0.3) is 5.91 Å². The summed E-state index contributed by atoms with van der Waals surface area (Å²) in [5.41, 5.74) is 4.32. The van der Waals surface area contributed by atoms with Crippen molar-refractivity contribution in [2.75, 3.05) is 18.1 Å². The Balaban J connectivity index is 1.32. The zero-order chi connectivity index (χ0) is 23.3. The summed E-state index contributed by atoms with van der Waals surface area (Å²) < 4.78 is 11.0. The minimum atomic E-state index is -0.478. The number of aromatic nitrogens is 1. The fraction of sp³-hybridized carbons (Fsp3) is 0.148. The van der Waals surface area contributed by atoms with Gasteiger partial charge in [0.15, 0.2) is 6.61 Å². The number of thiazole rings is 1. The van der Waals surface area contributed by atoms with Crippen molar-refractivity contribution in [2.24, 2.45) is 0 Å². The molecule has 3 aromatic carbocycles. The number of nitrogens with zero attached hydrogens (tertiary/aromatic N) is 2. The van der Waals surface area contributed by atoms with Gasteiger partial charge in [0.05, 0.1) is 16.4 Å². The molecule has 5 rings (SSSR count). The first kappa shape index (κ1) is 21.9. The fourth-order valence-corrected chi connectivity index (χ4v) is 4.58. The molecule has 2 heterocycles. The van der Waals surface area contributed by atoms with Crippen molar-refractivity contribution in [3.05, 3.63) is 100 Å². The number of fused-ring (bicyclic) bond motifs is 1. The molecule has 0 aliphatic carbocycles. The third kappa shape index (κ3) is 5.00. The first-order chi connectivity index (χ1) is 16.7. The van der Waals surface area contributed by atoms with Crippen molar-refractivity contribution in [3.8, 4) is 17.0 Å². The number of esters is 1. The number of rotatable bonds is 7. The summed E-state index contributed by atoms with van der Waals surface area (Å²) in [5, 5.41) is 3.01. The van der Waals surface area contributed by atoms with Gasteiger partial charge >= 0.3 is 5.97 Å². The molecule has 6 nitrogen and oxygen atoms in total. The van der Waals surface area contributed by atoms with Crippen molar-refractivity contribution >= 4 is 28.9 Å². The monoisotopic (exact) mass is 470 g/mol. The van der Waals surface area contributed by atoms with Gasteiger partial charge in [-0.2, -0.15) is 0 Å². The third-order valence-corrected chi connectivity index (χ3v) is 6.33. The van der Waals surface area contributed by atoms with Crippen LogP contribution >= 0.6 is 11.3 Å². The van der Waals surface area contributed by atoms with E-state index in [1.165, 1.54) is 10.5 Å². The molecule has 0 saturated heterocycles. The molecule has 0 unspecified atom stereocenters. The largest absolute Gasteiger partial charge is 0.482 e. The number of amides is 1.